The number of nitrogens with one attached hydrogen (secondary N) is 2. The second-order valence-electron chi connectivity index (χ2n) is 6.43. The zero-order valence-electron chi connectivity index (χ0n) is 13.5. The summed E-state index contributed by atoms with van der Waals surface area (Å²) in [5.41, 5.74) is -0.433. The minimum Gasteiger partial charge on any atom is -0.444 e. The molecule has 19 heavy (non-hydrogen) atoms. The molecule has 0 spiro atoms. The Hall–Kier alpha value is -0.770. The molecule has 0 saturated heterocycles. The van der Waals surface area contributed by atoms with Crippen molar-refractivity contribution in [2.24, 2.45) is 5.92 Å². The summed E-state index contributed by atoms with van der Waals surface area (Å²) in [6, 6.07) is 0.129. The molecule has 0 fully saturated rings. The van der Waals surface area contributed by atoms with Gasteiger partial charge in [-0.2, -0.15) is 0 Å². The van der Waals surface area contributed by atoms with E-state index in [0.29, 0.717) is 0 Å². The summed E-state index contributed by atoms with van der Waals surface area (Å²) in [5, 5.41) is 6.28. The van der Waals surface area contributed by atoms with E-state index in [-0.39, 0.29) is 12.1 Å². The van der Waals surface area contributed by atoms with E-state index in [4.69, 9.17) is 4.74 Å². The van der Waals surface area contributed by atoms with E-state index < -0.39 is 5.60 Å². The minimum atomic E-state index is -0.433. The van der Waals surface area contributed by atoms with Gasteiger partial charge in [0.15, 0.2) is 0 Å². The average Bonchev–Trinajstić information content (AvgIpc) is 2.21. The number of hydrogen-bond acceptors (Lipinski definition) is 3. The molecule has 0 aliphatic carbocycles. The fourth-order valence-electron chi connectivity index (χ4n) is 1.84. The largest absolute Gasteiger partial charge is 0.444 e. The molecule has 0 aromatic carbocycles. The quantitative estimate of drug-likeness (QED) is 0.666. The molecular formula is C15H32N2O2. The van der Waals surface area contributed by atoms with Gasteiger partial charge in [-0.15, -0.1) is 0 Å². The third-order valence-electron chi connectivity index (χ3n) is 2.79. The van der Waals surface area contributed by atoms with Gasteiger partial charge in [-0.05, 0) is 59.5 Å². The number of amides is 1. The van der Waals surface area contributed by atoms with Crippen molar-refractivity contribution in [1.82, 2.24) is 10.6 Å². The molecule has 0 heterocycles. The van der Waals surface area contributed by atoms with Crippen molar-refractivity contribution in [3.8, 4) is 0 Å². The number of carbonyl (C=O) groups excluding carboxylic acids is 1. The Morgan fingerprint density at radius 3 is 2.37 bits per heavy atom. The van der Waals surface area contributed by atoms with Crippen molar-refractivity contribution >= 4 is 6.09 Å². The molecule has 0 rings (SSSR count). The Morgan fingerprint density at radius 2 is 1.84 bits per heavy atom. The van der Waals surface area contributed by atoms with Crippen molar-refractivity contribution in [3.05, 3.63) is 0 Å². The van der Waals surface area contributed by atoms with E-state index in [1.807, 2.05) is 27.7 Å². The molecule has 0 radical (unpaired) electrons. The Morgan fingerprint density at radius 1 is 1.21 bits per heavy atom. The third kappa shape index (κ3) is 12.0. The molecule has 1 amide bonds. The topological polar surface area (TPSA) is 50.4 Å². The normalized spacial score (nSPS) is 14.8. The Bertz CT molecular complexity index is 249. The van der Waals surface area contributed by atoms with Crippen LogP contribution in [0.1, 0.15) is 60.8 Å². The van der Waals surface area contributed by atoms with Crippen molar-refractivity contribution < 1.29 is 9.53 Å². The standard InChI is InChI=1S/C15H32N2O2/c1-7-8-12(2)11-16-10-9-13(3)17-14(18)19-15(4,5)6/h12-13,16H,7-11H2,1-6H3,(H,17,18). The van der Waals surface area contributed by atoms with E-state index >= 15 is 0 Å². The molecule has 0 aliphatic heterocycles. The predicted octanol–water partition coefficient (Wildman–Crippen LogP) is 3.32. The van der Waals surface area contributed by atoms with Gasteiger partial charge in [0, 0.05) is 6.04 Å². The molecule has 4 heteroatoms. The van der Waals surface area contributed by atoms with Crippen LogP contribution in [0.2, 0.25) is 0 Å². The molecule has 2 unspecified atom stereocenters. The SMILES string of the molecule is CCCC(C)CNCCC(C)NC(=O)OC(C)(C)C. The van der Waals surface area contributed by atoms with E-state index in [9.17, 15) is 4.79 Å². The van der Waals surface area contributed by atoms with Gasteiger partial charge in [0.1, 0.15) is 5.60 Å². The van der Waals surface area contributed by atoms with Crippen LogP contribution in [-0.2, 0) is 4.74 Å². The molecule has 4 nitrogen and oxygen atoms in total. The zero-order chi connectivity index (χ0) is 14.9. The van der Waals surface area contributed by atoms with Crippen molar-refractivity contribution in [2.75, 3.05) is 13.1 Å². The van der Waals surface area contributed by atoms with E-state index in [2.05, 4.69) is 24.5 Å². The number of ether oxygens (including phenoxy) is 1. The van der Waals surface area contributed by atoms with Crippen LogP contribution in [0.25, 0.3) is 0 Å². The van der Waals surface area contributed by atoms with E-state index in [1.165, 1.54) is 12.8 Å². The summed E-state index contributed by atoms with van der Waals surface area (Å²) >= 11 is 0. The third-order valence-corrected chi connectivity index (χ3v) is 2.79. The summed E-state index contributed by atoms with van der Waals surface area (Å²) in [7, 11) is 0. The smallest absolute Gasteiger partial charge is 0.407 e. The summed E-state index contributed by atoms with van der Waals surface area (Å²) in [6.45, 7) is 14.1. The van der Waals surface area contributed by atoms with Gasteiger partial charge >= 0.3 is 6.09 Å². The fourth-order valence-corrected chi connectivity index (χ4v) is 1.84. The average molecular weight is 272 g/mol. The first-order chi connectivity index (χ1) is 8.74. The van der Waals surface area contributed by atoms with Crippen LogP contribution in [0.5, 0.6) is 0 Å². The Balaban J connectivity index is 3.64. The fraction of sp³-hybridized carbons (Fsp3) is 0.933. The number of carbonyl (C=O) groups is 1. The predicted molar refractivity (Wildman–Crippen MR) is 80.4 cm³/mol. The highest BCUT2D eigenvalue weighted by Crippen LogP contribution is 2.07. The zero-order valence-corrected chi connectivity index (χ0v) is 13.5. The van der Waals surface area contributed by atoms with Crippen LogP contribution in [0.15, 0.2) is 0 Å². The van der Waals surface area contributed by atoms with Crippen molar-refractivity contribution in [3.63, 3.8) is 0 Å². The number of alkyl carbamates (subject to hydrolysis) is 1. The molecule has 0 aromatic heterocycles. The molecule has 0 aromatic rings. The first-order valence-electron chi connectivity index (χ1n) is 7.44. The van der Waals surface area contributed by atoms with Gasteiger partial charge in [-0.1, -0.05) is 20.3 Å². The van der Waals surface area contributed by atoms with Crippen LogP contribution in [0.3, 0.4) is 0 Å². The van der Waals surface area contributed by atoms with Gasteiger partial charge in [-0.3, -0.25) is 0 Å². The molecule has 0 saturated carbocycles. The molecule has 0 aliphatic rings. The van der Waals surface area contributed by atoms with Crippen molar-refractivity contribution in [1.29, 1.82) is 0 Å². The number of rotatable bonds is 8. The lowest BCUT2D eigenvalue weighted by atomic mass is 10.1. The Labute approximate surface area is 118 Å². The summed E-state index contributed by atoms with van der Waals surface area (Å²) in [6.07, 6.45) is 3.08. The van der Waals surface area contributed by atoms with Crippen LogP contribution in [0, 0.1) is 5.92 Å². The lowest BCUT2D eigenvalue weighted by Gasteiger charge is -2.22. The second-order valence-corrected chi connectivity index (χ2v) is 6.43. The van der Waals surface area contributed by atoms with Crippen LogP contribution < -0.4 is 10.6 Å². The molecule has 114 valence electrons. The highest BCUT2D eigenvalue weighted by Gasteiger charge is 2.17. The van der Waals surface area contributed by atoms with Crippen LogP contribution in [-0.4, -0.2) is 30.8 Å². The first kappa shape index (κ1) is 18.2. The summed E-state index contributed by atoms with van der Waals surface area (Å²) < 4.78 is 5.21. The Kier molecular flexibility index (Phi) is 8.81. The first-order valence-corrected chi connectivity index (χ1v) is 7.44. The van der Waals surface area contributed by atoms with E-state index in [1.54, 1.807) is 0 Å². The maximum absolute atomic E-state index is 11.5. The molecular weight excluding hydrogens is 240 g/mol. The number of hydrogen-bond donors (Lipinski definition) is 2. The van der Waals surface area contributed by atoms with E-state index in [0.717, 1.165) is 25.4 Å². The van der Waals surface area contributed by atoms with Gasteiger partial charge < -0.3 is 15.4 Å². The summed E-state index contributed by atoms with van der Waals surface area (Å²) in [4.78, 5) is 11.5. The monoisotopic (exact) mass is 272 g/mol. The minimum absolute atomic E-state index is 0.129. The highest BCUT2D eigenvalue weighted by molar-refractivity contribution is 5.67. The lowest BCUT2D eigenvalue weighted by molar-refractivity contribution is 0.0506. The van der Waals surface area contributed by atoms with Gasteiger partial charge in [0.25, 0.3) is 0 Å². The van der Waals surface area contributed by atoms with Crippen molar-refractivity contribution in [2.45, 2.75) is 72.4 Å². The molecule has 2 atom stereocenters. The van der Waals surface area contributed by atoms with Crippen LogP contribution in [0.4, 0.5) is 4.79 Å². The lowest BCUT2D eigenvalue weighted by Crippen LogP contribution is -2.39. The molecule has 0 bridgehead atoms. The van der Waals surface area contributed by atoms with Gasteiger partial charge in [-0.25, -0.2) is 4.79 Å². The second kappa shape index (κ2) is 9.18. The van der Waals surface area contributed by atoms with Crippen LogP contribution >= 0.6 is 0 Å². The molecule has 2 N–H and O–H groups in total. The summed E-state index contributed by atoms with van der Waals surface area (Å²) in [5.74, 6) is 0.721. The van der Waals surface area contributed by atoms with Gasteiger partial charge in [0.2, 0.25) is 0 Å². The highest BCUT2D eigenvalue weighted by atomic mass is 16.6. The maximum Gasteiger partial charge on any atom is 0.407 e. The maximum atomic E-state index is 11.5. The van der Waals surface area contributed by atoms with Gasteiger partial charge in [0.05, 0.1) is 0 Å².